The van der Waals surface area contributed by atoms with Gasteiger partial charge < -0.3 is 14.6 Å². The van der Waals surface area contributed by atoms with E-state index in [9.17, 15) is 0 Å². The van der Waals surface area contributed by atoms with Crippen molar-refractivity contribution in [3.8, 4) is 0 Å². The SMILES string of the molecule is C=CCCCCCN(C)C(=NC)NCCc1cn2cccc(C)c2n1. The number of allylic oxidation sites excluding steroid dienone is 1. The topological polar surface area (TPSA) is 44.9 Å². The normalized spacial score (nSPS) is 11.7. The van der Waals surface area contributed by atoms with Crippen molar-refractivity contribution in [1.82, 2.24) is 19.6 Å². The number of imidazole rings is 1. The Morgan fingerprint density at radius 1 is 1.40 bits per heavy atom. The highest BCUT2D eigenvalue weighted by molar-refractivity contribution is 5.79. The van der Waals surface area contributed by atoms with E-state index in [2.05, 4.69) is 58.5 Å². The van der Waals surface area contributed by atoms with Crippen LogP contribution in [0.2, 0.25) is 0 Å². The molecule has 5 heteroatoms. The van der Waals surface area contributed by atoms with Crippen LogP contribution in [0.15, 0.2) is 42.2 Å². The summed E-state index contributed by atoms with van der Waals surface area (Å²) in [5, 5.41) is 3.44. The van der Waals surface area contributed by atoms with Crippen molar-refractivity contribution >= 4 is 11.6 Å². The average Bonchev–Trinajstić information content (AvgIpc) is 3.03. The Bertz CT molecular complexity index is 701. The minimum absolute atomic E-state index is 0.830. The molecule has 0 unspecified atom stereocenters. The Kier molecular flexibility index (Phi) is 7.51. The van der Waals surface area contributed by atoms with E-state index in [4.69, 9.17) is 4.98 Å². The van der Waals surface area contributed by atoms with Crippen molar-refractivity contribution in [2.24, 2.45) is 4.99 Å². The summed E-state index contributed by atoms with van der Waals surface area (Å²) in [6.07, 6.45) is 11.8. The van der Waals surface area contributed by atoms with Gasteiger partial charge in [-0.25, -0.2) is 4.98 Å². The number of nitrogens with zero attached hydrogens (tertiary/aromatic N) is 4. The molecule has 0 aromatic carbocycles. The number of pyridine rings is 1. The number of aromatic nitrogens is 2. The molecule has 136 valence electrons. The highest BCUT2D eigenvalue weighted by Gasteiger charge is 2.07. The average molecular weight is 342 g/mol. The summed E-state index contributed by atoms with van der Waals surface area (Å²) in [6, 6.07) is 4.15. The minimum Gasteiger partial charge on any atom is -0.356 e. The minimum atomic E-state index is 0.830. The third kappa shape index (κ3) is 5.62. The summed E-state index contributed by atoms with van der Waals surface area (Å²) < 4.78 is 2.09. The molecule has 1 N–H and O–H groups in total. The molecule has 2 heterocycles. The lowest BCUT2D eigenvalue weighted by atomic mass is 10.2. The van der Waals surface area contributed by atoms with Crippen LogP contribution in [-0.4, -0.2) is 47.4 Å². The van der Waals surface area contributed by atoms with Crippen LogP contribution in [0.4, 0.5) is 0 Å². The molecule has 0 fully saturated rings. The molecule has 2 aromatic rings. The fourth-order valence-electron chi connectivity index (χ4n) is 2.93. The molecule has 5 nitrogen and oxygen atoms in total. The van der Waals surface area contributed by atoms with E-state index < -0.39 is 0 Å². The van der Waals surface area contributed by atoms with Crippen LogP contribution in [0.5, 0.6) is 0 Å². The van der Waals surface area contributed by atoms with Crippen LogP contribution in [0, 0.1) is 6.92 Å². The maximum Gasteiger partial charge on any atom is 0.193 e. The molecule has 25 heavy (non-hydrogen) atoms. The predicted molar refractivity (Wildman–Crippen MR) is 106 cm³/mol. The Labute approximate surface area is 151 Å². The lowest BCUT2D eigenvalue weighted by molar-refractivity contribution is 0.455. The fourth-order valence-corrected chi connectivity index (χ4v) is 2.93. The first kappa shape index (κ1) is 19.0. The first-order chi connectivity index (χ1) is 12.2. The predicted octanol–water partition coefficient (Wildman–Crippen LogP) is 3.44. The van der Waals surface area contributed by atoms with Gasteiger partial charge >= 0.3 is 0 Å². The maximum atomic E-state index is 4.72. The number of hydrogen-bond acceptors (Lipinski definition) is 2. The number of guanidine groups is 1. The molecule has 0 aliphatic rings. The highest BCUT2D eigenvalue weighted by atomic mass is 15.3. The van der Waals surface area contributed by atoms with E-state index in [-0.39, 0.29) is 0 Å². The van der Waals surface area contributed by atoms with Gasteiger partial charge in [0.05, 0.1) is 5.69 Å². The molecule has 0 aliphatic heterocycles. The molecule has 0 radical (unpaired) electrons. The third-order valence-electron chi connectivity index (χ3n) is 4.37. The fraction of sp³-hybridized carbons (Fsp3) is 0.500. The molecule has 0 aliphatic carbocycles. The maximum absolute atomic E-state index is 4.72. The monoisotopic (exact) mass is 341 g/mol. The second-order valence-electron chi connectivity index (χ2n) is 6.44. The molecule has 0 atom stereocenters. The zero-order valence-corrected chi connectivity index (χ0v) is 15.8. The van der Waals surface area contributed by atoms with Gasteiger partial charge in [-0.3, -0.25) is 4.99 Å². The Morgan fingerprint density at radius 3 is 2.96 bits per heavy atom. The van der Waals surface area contributed by atoms with Gasteiger partial charge in [0.15, 0.2) is 5.96 Å². The number of unbranched alkanes of at least 4 members (excludes halogenated alkanes) is 3. The number of aliphatic imine (C=N–C) groups is 1. The van der Waals surface area contributed by atoms with Crippen molar-refractivity contribution < 1.29 is 0 Å². The van der Waals surface area contributed by atoms with Gasteiger partial charge in [-0.2, -0.15) is 0 Å². The first-order valence-electron chi connectivity index (χ1n) is 9.11. The Balaban J connectivity index is 1.77. The number of rotatable bonds is 9. The summed E-state index contributed by atoms with van der Waals surface area (Å²) >= 11 is 0. The lowest BCUT2D eigenvalue weighted by Crippen LogP contribution is -2.40. The van der Waals surface area contributed by atoms with Gasteiger partial charge in [0.1, 0.15) is 5.65 Å². The smallest absolute Gasteiger partial charge is 0.193 e. The van der Waals surface area contributed by atoms with Gasteiger partial charge in [0.25, 0.3) is 0 Å². The van der Waals surface area contributed by atoms with Crippen LogP contribution in [-0.2, 0) is 6.42 Å². The molecule has 0 spiro atoms. The third-order valence-corrected chi connectivity index (χ3v) is 4.37. The second kappa shape index (κ2) is 9.87. The summed E-state index contributed by atoms with van der Waals surface area (Å²) in [5.74, 6) is 0.948. The number of hydrogen-bond donors (Lipinski definition) is 1. The van der Waals surface area contributed by atoms with Crippen LogP contribution in [0.3, 0.4) is 0 Å². The van der Waals surface area contributed by atoms with Crippen molar-refractivity contribution in [3.63, 3.8) is 0 Å². The van der Waals surface area contributed by atoms with E-state index in [1.165, 1.54) is 24.8 Å². The quantitative estimate of drug-likeness (QED) is 0.329. The largest absolute Gasteiger partial charge is 0.356 e. The van der Waals surface area contributed by atoms with Crippen LogP contribution in [0.1, 0.15) is 36.9 Å². The number of nitrogens with one attached hydrogen (secondary N) is 1. The Hall–Kier alpha value is -2.30. The molecule has 2 rings (SSSR count). The molecule has 2 aromatic heterocycles. The molecular weight excluding hydrogens is 310 g/mol. The zero-order chi connectivity index (χ0) is 18.1. The van der Waals surface area contributed by atoms with Crippen molar-refractivity contribution in [2.75, 3.05) is 27.2 Å². The van der Waals surface area contributed by atoms with E-state index in [0.29, 0.717) is 0 Å². The highest BCUT2D eigenvalue weighted by Crippen LogP contribution is 2.10. The summed E-state index contributed by atoms with van der Waals surface area (Å²) in [5.41, 5.74) is 3.34. The summed E-state index contributed by atoms with van der Waals surface area (Å²) in [7, 11) is 3.93. The van der Waals surface area contributed by atoms with E-state index in [1.807, 2.05) is 19.3 Å². The van der Waals surface area contributed by atoms with Crippen molar-refractivity contribution in [3.05, 3.63) is 48.4 Å². The van der Waals surface area contributed by atoms with Crippen molar-refractivity contribution in [1.29, 1.82) is 0 Å². The summed E-state index contributed by atoms with van der Waals surface area (Å²) in [6.45, 7) is 7.71. The lowest BCUT2D eigenvalue weighted by Gasteiger charge is -2.21. The van der Waals surface area contributed by atoms with Crippen LogP contribution in [0.25, 0.3) is 5.65 Å². The van der Waals surface area contributed by atoms with Crippen LogP contribution < -0.4 is 5.32 Å². The standard InChI is InChI=1S/C20H31N5/c1-5-6-7-8-9-14-24(4)20(21-3)22-13-12-18-16-25-15-10-11-17(2)19(25)23-18/h5,10-11,15-16H,1,6-9,12-14H2,2-4H3,(H,21,22). The molecule has 0 amide bonds. The number of fused-ring (bicyclic) bond motifs is 1. The molecular formula is C20H31N5. The van der Waals surface area contributed by atoms with Gasteiger partial charge in [-0.15, -0.1) is 6.58 Å². The van der Waals surface area contributed by atoms with Crippen molar-refractivity contribution in [2.45, 2.75) is 39.0 Å². The van der Waals surface area contributed by atoms with Gasteiger partial charge in [-0.05, 0) is 37.8 Å². The molecule has 0 bridgehead atoms. The first-order valence-corrected chi connectivity index (χ1v) is 9.11. The van der Waals surface area contributed by atoms with E-state index in [1.54, 1.807) is 0 Å². The van der Waals surface area contributed by atoms with Gasteiger partial charge in [0, 0.05) is 46.0 Å². The zero-order valence-electron chi connectivity index (χ0n) is 15.8. The van der Waals surface area contributed by atoms with E-state index >= 15 is 0 Å². The molecule has 0 saturated carbocycles. The molecule has 0 saturated heterocycles. The Morgan fingerprint density at radius 2 is 2.24 bits per heavy atom. The summed E-state index contributed by atoms with van der Waals surface area (Å²) in [4.78, 5) is 11.3. The number of aryl methyl sites for hydroxylation is 1. The van der Waals surface area contributed by atoms with Gasteiger partial charge in [0.2, 0.25) is 0 Å². The second-order valence-corrected chi connectivity index (χ2v) is 6.44. The van der Waals surface area contributed by atoms with Gasteiger partial charge in [-0.1, -0.05) is 18.6 Å². The van der Waals surface area contributed by atoms with E-state index in [0.717, 1.165) is 43.2 Å². The van der Waals surface area contributed by atoms with Crippen LogP contribution >= 0.6 is 0 Å².